The molecule has 1 heterocycles. The van der Waals surface area contributed by atoms with Crippen LogP contribution in [0.4, 0.5) is 0 Å². The standard InChI is InChI=1S/C15H24N2O/c1-2-3-4-10-17-11-9-16-14(17)15(18,12-5-6-12)13-7-8-13/h9,11-13,18H,2-8,10H2,1H3. The number of aryl methyl sites for hydroxylation is 1. The highest BCUT2D eigenvalue weighted by Crippen LogP contribution is 2.56. The van der Waals surface area contributed by atoms with Crippen molar-refractivity contribution in [2.24, 2.45) is 11.8 Å². The molecular weight excluding hydrogens is 224 g/mol. The lowest BCUT2D eigenvalue weighted by atomic mass is 9.90. The largest absolute Gasteiger partial charge is 0.381 e. The molecule has 2 saturated carbocycles. The molecule has 1 aromatic rings. The first kappa shape index (κ1) is 12.2. The van der Waals surface area contributed by atoms with Crippen molar-refractivity contribution >= 4 is 0 Å². The first-order valence-electron chi connectivity index (χ1n) is 7.50. The van der Waals surface area contributed by atoms with Crippen LogP contribution in [-0.4, -0.2) is 14.7 Å². The summed E-state index contributed by atoms with van der Waals surface area (Å²) < 4.78 is 2.20. The van der Waals surface area contributed by atoms with Crippen LogP contribution in [0.25, 0.3) is 0 Å². The Morgan fingerprint density at radius 3 is 2.50 bits per heavy atom. The molecule has 2 aliphatic carbocycles. The smallest absolute Gasteiger partial charge is 0.141 e. The summed E-state index contributed by atoms with van der Waals surface area (Å²) in [5.41, 5.74) is -0.615. The number of aromatic nitrogens is 2. The van der Waals surface area contributed by atoms with Crippen molar-refractivity contribution in [1.82, 2.24) is 9.55 Å². The first-order valence-corrected chi connectivity index (χ1v) is 7.50. The second-order valence-corrected chi connectivity index (χ2v) is 6.03. The van der Waals surface area contributed by atoms with E-state index in [1.54, 1.807) is 0 Å². The van der Waals surface area contributed by atoms with Gasteiger partial charge in [-0.05, 0) is 43.9 Å². The lowest BCUT2D eigenvalue weighted by molar-refractivity contribution is -0.0219. The fourth-order valence-electron chi connectivity index (χ4n) is 3.12. The van der Waals surface area contributed by atoms with Crippen molar-refractivity contribution in [2.45, 2.75) is 64.0 Å². The van der Waals surface area contributed by atoms with Crippen molar-refractivity contribution in [3.8, 4) is 0 Å². The molecule has 0 atom stereocenters. The number of imidazole rings is 1. The highest BCUT2D eigenvalue weighted by Gasteiger charge is 2.56. The minimum absolute atomic E-state index is 0.470. The van der Waals surface area contributed by atoms with Gasteiger partial charge in [0, 0.05) is 18.9 Å². The summed E-state index contributed by atoms with van der Waals surface area (Å²) in [6.07, 6.45) is 12.3. The van der Waals surface area contributed by atoms with Crippen LogP contribution in [-0.2, 0) is 12.1 Å². The fraction of sp³-hybridized carbons (Fsp3) is 0.800. The number of hydrogen-bond acceptors (Lipinski definition) is 2. The van der Waals surface area contributed by atoms with Gasteiger partial charge in [-0.2, -0.15) is 0 Å². The van der Waals surface area contributed by atoms with Crippen LogP contribution in [0.15, 0.2) is 12.4 Å². The maximum absolute atomic E-state index is 11.1. The molecule has 2 fully saturated rings. The highest BCUT2D eigenvalue weighted by molar-refractivity contribution is 5.16. The molecule has 2 aliphatic rings. The number of aliphatic hydroxyl groups is 1. The lowest BCUT2D eigenvalue weighted by Gasteiger charge is -2.28. The molecule has 0 radical (unpaired) electrons. The van der Waals surface area contributed by atoms with E-state index in [2.05, 4.69) is 16.5 Å². The predicted octanol–water partition coefficient (Wildman–Crippen LogP) is 3.08. The van der Waals surface area contributed by atoms with E-state index in [4.69, 9.17) is 0 Å². The van der Waals surface area contributed by atoms with Gasteiger partial charge in [-0.25, -0.2) is 4.98 Å². The van der Waals surface area contributed by atoms with Crippen LogP contribution in [0.3, 0.4) is 0 Å². The third-order valence-corrected chi connectivity index (χ3v) is 4.48. The molecule has 0 bridgehead atoms. The number of rotatable bonds is 7. The van der Waals surface area contributed by atoms with Gasteiger partial charge in [0.05, 0.1) is 0 Å². The summed E-state index contributed by atoms with van der Waals surface area (Å²) in [5.74, 6) is 1.89. The SMILES string of the molecule is CCCCCn1ccnc1C(O)(C1CC1)C1CC1. The van der Waals surface area contributed by atoms with Crippen molar-refractivity contribution in [1.29, 1.82) is 0 Å². The predicted molar refractivity (Wildman–Crippen MR) is 71.1 cm³/mol. The summed E-state index contributed by atoms with van der Waals surface area (Å²) in [5, 5.41) is 11.1. The summed E-state index contributed by atoms with van der Waals surface area (Å²) in [7, 11) is 0. The van der Waals surface area contributed by atoms with Crippen LogP contribution in [0.1, 0.15) is 57.7 Å². The van der Waals surface area contributed by atoms with E-state index in [1.165, 1.54) is 44.9 Å². The van der Waals surface area contributed by atoms with Gasteiger partial charge in [0.15, 0.2) is 0 Å². The topological polar surface area (TPSA) is 38.0 Å². The molecule has 1 aromatic heterocycles. The number of unbranched alkanes of at least 4 members (excludes halogenated alkanes) is 2. The van der Waals surface area contributed by atoms with Gasteiger partial charge in [0.1, 0.15) is 11.4 Å². The molecule has 0 aromatic carbocycles. The van der Waals surface area contributed by atoms with E-state index >= 15 is 0 Å². The first-order chi connectivity index (χ1) is 8.76. The van der Waals surface area contributed by atoms with Crippen molar-refractivity contribution in [3.05, 3.63) is 18.2 Å². The molecule has 100 valence electrons. The molecule has 0 unspecified atom stereocenters. The molecule has 0 saturated heterocycles. The maximum Gasteiger partial charge on any atom is 0.141 e. The van der Waals surface area contributed by atoms with E-state index in [9.17, 15) is 5.11 Å². The maximum atomic E-state index is 11.1. The molecule has 3 heteroatoms. The van der Waals surface area contributed by atoms with E-state index in [0.717, 1.165) is 12.4 Å². The average Bonchev–Trinajstić information content (AvgIpc) is 3.25. The normalized spacial score (nSPS) is 20.3. The minimum Gasteiger partial charge on any atom is -0.381 e. The molecular formula is C15H24N2O. The fourth-order valence-corrected chi connectivity index (χ4v) is 3.12. The van der Waals surface area contributed by atoms with Gasteiger partial charge < -0.3 is 9.67 Å². The van der Waals surface area contributed by atoms with Crippen molar-refractivity contribution in [2.75, 3.05) is 0 Å². The molecule has 0 aliphatic heterocycles. The zero-order valence-corrected chi connectivity index (χ0v) is 11.3. The lowest BCUT2D eigenvalue weighted by Crippen LogP contribution is -2.34. The summed E-state index contributed by atoms with van der Waals surface area (Å²) in [4.78, 5) is 4.50. The number of hydrogen-bond donors (Lipinski definition) is 1. The molecule has 1 N–H and O–H groups in total. The van der Waals surface area contributed by atoms with E-state index in [0.29, 0.717) is 11.8 Å². The zero-order chi connectivity index (χ0) is 12.6. The second kappa shape index (κ2) is 4.69. The Morgan fingerprint density at radius 1 is 1.28 bits per heavy atom. The molecule has 3 rings (SSSR count). The van der Waals surface area contributed by atoms with Crippen molar-refractivity contribution in [3.63, 3.8) is 0 Å². The summed E-state index contributed by atoms with van der Waals surface area (Å²) in [6.45, 7) is 3.23. The summed E-state index contributed by atoms with van der Waals surface area (Å²) >= 11 is 0. The van der Waals surface area contributed by atoms with Gasteiger partial charge in [-0.1, -0.05) is 19.8 Å². The Morgan fingerprint density at radius 2 is 1.94 bits per heavy atom. The third-order valence-electron chi connectivity index (χ3n) is 4.48. The Bertz CT molecular complexity index is 392. The Balaban J connectivity index is 1.79. The Hall–Kier alpha value is -0.830. The van der Waals surface area contributed by atoms with Crippen LogP contribution in [0.5, 0.6) is 0 Å². The molecule has 0 spiro atoms. The third kappa shape index (κ3) is 2.09. The van der Waals surface area contributed by atoms with Crippen LogP contribution < -0.4 is 0 Å². The van der Waals surface area contributed by atoms with Gasteiger partial charge in [-0.15, -0.1) is 0 Å². The van der Waals surface area contributed by atoms with E-state index < -0.39 is 5.60 Å². The minimum atomic E-state index is -0.615. The van der Waals surface area contributed by atoms with E-state index in [-0.39, 0.29) is 0 Å². The quantitative estimate of drug-likeness (QED) is 0.753. The second-order valence-electron chi connectivity index (χ2n) is 6.03. The molecule has 18 heavy (non-hydrogen) atoms. The van der Waals surface area contributed by atoms with Gasteiger partial charge >= 0.3 is 0 Å². The van der Waals surface area contributed by atoms with Crippen LogP contribution in [0, 0.1) is 11.8 Å². The van der Waals surface area contributed by atoms with Crippen molar-refractivity contribution < 1.29 is 5.11 Å². The monoisotopic (exact) mass is 248 g/mol. The molecule has 0 amide bonds. The highest BCUT2D eigenvalue weighted by atomic mass is 16.3. The Kier molecular flexibility index (Phi) is 3.18. The van der Waals surface area contributed by atoms with Crippen LogP contribution >= 0.6 is 0 Å². The number of nitrogens with zero attached hydrogens (tertiary/aromatic N) is 2. The van der Waals surface area contributed by atoms with Crippen LogP contribution in [0.2, 0.25) is 0 Å². The van der Waals surface area contributed by atoms with E-state index in [1.807, 2.05) is 12.4 Å². The van der Waals surface area contributed by atoms with Gasteiger partial charge in [0.2, 0.25) is 0 Å². The Labute approximate surface area is 109 Å². The average molecular weight is 248 g/mol. The van der Waals surface area contributed by atoms with Gasteiger partial charge in [-0.3, -0.25) is 0 Å². The molecule has 3 nitrogen and oxygen atoms in total. The van der Waals surface area contributed by atoms with Gasteiger partial charge in [0.25, 0.3) is 0 Å². The zero-order valence-electron chi connectivity index (χ0n) is 11.3. The summed E-state index contributed by atoms with van der Waals surface area (Å²) in [6, 6.07) is 0.